The molecule has 0 amide bonds. The quantitative estimate of drug-likeness (QED) is 0.660. The van der Waals surface area contributed by atoms with Crippen molar-refractivity contribution in [2.75, 3.05) is 0 Å². The van der Waals surface area contributed by atoms with Crippen molar-refractivity contribution in [1.29, 1.82) is 5.26 Å². The second-order valence-corrected chi connectivity index (χ2v) is 3.91. The fraction of sp³-hybridized carbons (Fsp3) is 0.300. The van der Waals surface area contributed by atoms with Crippen LogP contribution in [0, 0.1) is 11.3 Å². The maximum Gasteiger partial charge on any atom is 0.246 e. The Balaban J connectivity index is 2.54. The molecule has 1 aromatic rings. The summed E-state index contributed by atoms with van der Waals surface area (Å²) in [5.74, 6) is 0.328. The molecule has 0 N–H and O–H groups in total. The van der Waals surface area contributed by atoms with Crippen LogP contribution in [0.25, 0.3) is 0 Å². The van der Waals surface area contributed by atoms with E-state index in [1.54, 1.807) is 26.0 Å². The normalized spacial score (nSPS) is 16.4. The maximum absolute atomic E-state index is 8.72. The number of nitrogens with zero attached hydrogens (tertiary/aromatic N) is 1. The van der Waals surface area contributed by atoms with Gasteiger partial charge in [-0.3, -0.25) is 0 Å². The molecule has 0 saturated carbocycles. The van der Waals surface area contributed by atoms with Gasteiger partial charge in [0.25, 0.3) is 0 Å². The Morgan fingerprint density at radius 2 is 2.07 bits per heavy atom. The summed E-state index contributed by atoms with van der Waals surface area (Å²) in [6.45, 7) is 3.57. The lowest BCUT2D eigenvalue weighted by Gasteiger charge is -2.16. The van der Waals surface area contributed by atoms with Crippen LogP contribution in [-0.4, -0.2) is 5.79 Å². The monoisotopic (exact) mass is 209 g/mol. The van der Waals surface area contributed by atoms with E-state index in [4.69, 9.17) is 26.3 Å². The molecule has 0 fully saturated rings. The van der Waals surface area contributed by atoms with Crippen molar-refractivity contribution in [2.24, 2.45) is 0 Å². The summed E-state index contributed by atoms with van der Waals surface area (Å²) >= 11 is 5.92. The molecule has 0 bridgehead atoms. The van der Waals surface area contributed by atoms with E-state index in [9.17, 15) is 0 Å². The second kappa shape index (κ2) is 2.79. The fourth-order valence-corrected chi connectivity index (χ4v) is 1.59. The number of halogens is 1. The first kappa shape index (κ1) is 9.17. The Labute approximate surface area is 86.8 Å². The number of hydrogen-bond donors (Lipinski definition) is 0. The predicted octanol–water partition coefficient (Wildman–Crippen LogP) is 2.72. The van der Waals surface area contributed by atoms with E-state index in [0.717, 1.165) is 0 Å². The predicted molar refractivity (Wildman–Crippen MR) is 51.5 cm³/mol. The third-order valence-corrected chi connectivity index (χ3v) is 2.12. The molecule has 0 spiro atoms. The zero-order valence-electron chi connectivity index (χ0n) is 7.80. The van der Waals surface area contributed by atoms with Crippen LogP contribution >= 0.6 is 11.6 Å². The summed E-state index contributed by atoms with van der Waals surface area (Å²) in [4.78, 5) is 0. The molecule has 14 heavy (non-hydrogen) atoms. The van der Waals surface area contributed by atoms with Crippen molar-refractivity contribution in [3.8, 4) is 17.6 Å². The molecule has 0 aromatic heterocycles. The van der Waals surface area contributed by atoms with Gasteiger partial charge in [0.2, 0.25) is 5.79 Å². The molecule has 0 aliphatic carbocycles. The van der Waals surface area contributed by atoms with E-state index < -0.39 is 5.79 Å². The SMILES string of the molecule is CC1(C)Oc2cc(C#N)cc(Cl)c2O1. The van der Waals surface area contributed by atoms with Crippen LogP contribution in [0.1, 0.15) is 19.4 Å². The van der Waals surface area contributed by atoms with Gasteiger partial charge in [-0.2, -0.15) is 5.26 Å². The number of ether oxygens (including phenoxy) is 2. The average molecular weight is 210 g/mol. The molecule has 1 aliphatic rings. The molecular formula is C10H8ClNO2. The van der Waals surface area contributed by atoms with Gasteiger partial charge in [-0.1, -0.05) is 11.6 Å². The van der Waals surface area contributed by atoms with Crippen LogP contribution in [0.15, 0.2) is 12.1 Å². The lowest BCUT2D eigenvalue weighted by molar-refractivity contribution is -0.0431. The highest BCUT2D eigenvalue weighted by Crippen LogP contribution is 2.44. The highest BCUT2D eigenvalue weighted by atomic mass is 35.5. The third kappa shape index (κ3) is 1.38. The Morgan fingerprint density at radius 3 is 2.71 bits per heavy atom. The number of rotatable bonds is 0. The van der Waals surface area contributed by atoms with Gasteiger partial charge in [0.15, 0.2) is 11.5 Å². The zero-order chi connectivity index (χ0) is 10.3. The summed E-state index contributed by atoms with van der Waals surface area (Å²) in [6, 6.07) is 5.19. The lowest BCUT2D eigenvalue weighted by Crippen LogP contribution is -2.29. The summed E-state index contributed by atoms with van der Waals surface area (Å²) < 4.78 is 10.9. The standard InChI is InChI=1S/C10H8ClNO2/c1-10(2)13-8-4-6(5-12)3-7(11)9(8)14-10/h3-4H,1-2H3. The molecule has 0 atom stereocenters. The van der Waals surface area contributed by atoms with Crippen molar-refractivity contribution >= 4 is 11.6 Å². The Hall–Kier alpha value is -1.40. The molecule has 4 heteroatoms. The Bertz CT molecular complexity index is 434. The highest BCUT2D eigenvalue weighted by Gasteiger charge is 2.33. The summed E-state index contributed by atoms with van der Waals surface area (Å²) in [5, 5.41) is 9.13. The van der Waals surface area contributed by atoms with E-state index in [2.05, 4.69) is 0 Å². The molecule has 72 valence electrons. The van der Waals surface area contributed by atoms with Crippen molar-refractivity contribution in [3.63, 3.8) is 0 Å². The van der Waals surface area contributed by atoms with Gasteiger partial charge >= 0.3 is 0 Å². The van der Waals surface area contributed by atoms with E-state index >= 15 is 0 Å². The van der Waals surface area contributed by atoms with Gasteiger partial charge in [-0.15, -0.1) is 0 Å². The molecule has 0 saturated heterocycles. The van der Waals surface area contributed by atoms with Crippen molar-refractivity contribution < 1.29 is 9.47 Å². The van der Waals surface area contributed by atoms with Gasteiger partial charge < -0.3 is 9.47 Å². The van der Waals surface area contributed by atoms with Crippen molar-refractivity contribution in [2.45, 2.75) is 19.6 Å². The summed E-state index contributed by atoms with van der Waals surface area (Å²) in [7, 11) is 0. The van der Waals surface area contributed by atoms with Gasteiger partial charge in [0.1, 0.15) is 0 Å². The minimum Gasteiger partial charge on any atom is -0.449 e. The highest BCUT2D eigenvalue weighted by molar-refractivity contribution is 6.32. The molecule has 2 rings (SSSR count). The minimum absolute atomic E-state index is 0.407. The van der Waals surface area contributed by atoms with Gasteiger partial charge in [0.05, 0.1) is 16.7 Å². The van der Waals surface area contributed by atoms with E-state index in [0.29, 0.717) is 22.1 Å². The van der Waals surface area contributed by atoms with Gasteiger partial charge in [0, 0.05) is 19.9 Å². The number of fused-ring (bicyclic) bond motifs is 1. The van der Waals surface area contributed by atoms with Crippen LogP contribution < -0.4 is 9.47 Å². The smallest absolute Gasteiger partial charge is 0.246 e. The van der Waals surface area contributed by atoms with Crippen LogP contribution in [0.4, 0.5) is 0 Å². The average Bonchev–Trinajstić information content (AvgIpc) is 2.40. The van der Waals surface area contributed by atoms with Crippen LogP contribution in [0.3, 0.4) is 0 Å². The van der Waals surface area contributed by atoms with Gasteiger partial charge in [-0.05, 0) is 6.07 Å². The zero-order valence-corrected chi connectivity index (χ0v) is 8.55. The van der Waals surface area contributed by atoms with Crippen LogP contribution in [-0.2, 0) is 0 Å². The summed E-state index contributed by atoms with van der Waals surface area (Å²) in [5.41, 5.74) is 0.468. The first-order valence-electron chi connectivity index (χ1n) is 4.13. The molecule has 0 radical (unpaired) electrons. The molecule has 1 aliphatic heterocycles. The van der Waals surface area contributed by atoms with E-state index in [1.165, 1.54) is 0 Å². The minimum atomic E-state index is -0.708. The van der Waals surface area contributed by atoms with E-state index in [1.807, 2.05) is 6.07 Å². The molecule has 1 aromatic carbocycles. The van der Waals surface area contributed by atoms with Gasteiger partial charge in [-0.25, -0.2) is 0 Å². The molecule has 3 nitrogen and oxygen atoms in total. The number of hydrogen-bond acceptors (Lipinski definition) is 3. The second-order valence-electron chi connectivity index (χ2n) is 3.50. The first-order valence-corrected chi connectivity index (χ1v) is 4.51. The van der Waals surface area contributed by atoms with Crippen molar-refractivity contribution in [3.05, 3.63) is 22.7 Å². The fourth-order valence-electron chi connectivity index (χ4n) is 1.34. The molecular weight excluding hydrogens is 202 g/mol. The largest absolute Gasteiger partial charge is 0.449 e. The number of nitriles is 1. The van der Waals surface area contributed by atoms with E-state index in [-0.39, 0.29) is 0 Å². The summed E-state index contributed by atoms with van der Waals surface area (Å²) in [6.07, 6.45) is 0. The topological polar surface area (TPSA) is 42.2 Å². The molecule has 0 unspecified atom stereocenters. The first-order chi connectivity index (χ1) is 6.52. The number of benzene rings is 1. The Kier molecular flexibility index (Phi) is 1.83. The van der Waals surface area contributed by atoms with Crippen LogP contribution in [0.5, 0.6) is 11.5 Å². The molecule has 1 heterocycles. The lowest BCUT2D eigenvalue weighted by atomic mass is 10.2. The third-order valence-electron chi connectivity index (χ3n) is 1.84. The van der Waals surface area contributed by atoms with Crippen molar-refractivity contribution in [1.82, 2.24) is 0 Å². The van der Waals surface area contributed by atoms with Crippen LogP contribution in [0.2, 0.25) is 5.02 Å². The maximum atomic E-state index is 8.72. The Morgan fingerprint density at radius 1 is 1.36 bits per heavy atom.